The molecule has 4 rings (SSSR count). The van der Waals surface area contributed by atoms with Gasteiger partial charge in [-0.2, -0.15) is 0 Å². The van der Waals surface area contributed by atoms with E-state index in [4.69, 9.17) is 9.47 Å². The van der Waals surface area contributed by atoms with Crippen LogP contribution in [0.15, 0.2) is 30.6 Å². The third kappa shape index (κ3) is 5.62. The predicted octanol–water partition coefficient (Wildman–Crippen LogP) is 0.669. The number of amides is 2. The standard InChI is InChI=1S/C22H30FN7O4/c1-26(11-12-33-2)16-21(31)28-9-7-27(8-10-28)20-4-3-17(13-19(20)23)30-15-18(34-22(30)32)14-29-6-5-24-25-29/h3-6,13,18H,7-12,14-16H2,1-2H3/t18-/m0/s1. The number of likely N-dealkylation sites (N-methyl/N-ethyl adjacent to an activating group) is 1. The van der Waals surface area contributed by atoms with Gasteiger partial charge in [-0.05, 0) is 25.2 Å². The molecule has 1 aromatic carbocycles. The maximum atomic E-state index is 15.0. The highest BCUT2D eigenvalue weighted by molar-refractivity contribution is 5.90. The zero-order valence-electron chi connectivity index (χ0n) is 19.5. The van der Waals surface area contributed by atoms with E-state index in [0.29, 0.717) is 70.3 Å². The molecule has 12 heteroatoms. The molecule has 0 spiro atoms. The number of benzene rings is 1. The van der Waals surface area contributed by atoms with Crippen molar-refractivity contribution in [3.05, 3.63) is 36.4 Å². The molecule has 0 saturated carbocycles. The molecule has 3 heterocycles. The number of methoxy groups -OCH3 is 1. The van der Waals surface area contributed by atoms with E-state index in [9.17, 15) is 9.59 Å². The Bertz CT molecular complexity index is 982. The van der Waals surface area contributed by atoms with E-state index in [1.807, 2.05) is 21.7 Å². The molecule has 2 aliphatic rings. The lowest BCUT2D eigenvalue weighted by Crippen LogP contribution is -2.51. The van der Waals surface area contributed by atoms with E-state index in [0.717, 1.165) is 0 Å². The van der Waals surface area contributed by atoms with Gasteiger partial charge in [0, 0.05) is 46.0 Å². The van der Waals surface area contributed by atoms with Crippen molar-refractivity contribution in [2.75, 3.05) is 76.4 Å². The van der Waals surface area contributed by atoms with Crippen molar-refractivity contribution < 1.29 is 23.5 Å². The fraction of sp³-hybridized carbons (Fsp3) is 0.545. The van der Waals surface area contributed by atoms with Crippen molar-refractivity contribution >= 4 is 23.4 Å². The summed E-state index contributed by atoms with van der Waals surface area (Å²) < 4.78 is 27.0. The van der Waals surface area contributed by atoms with Gasteiger partial charge >= 0.3 is 6.09 Å². The Labute approximate surface area is 197 Å². The minimum absolute atomic E-state index is 0.0575. The molecule has 2 amide bonds. The molecule has 2 aromatic rings. The van der Waals surface area contributed by atoms with E-state index in [2.05, 4.69) is 10.3 Å². The molecule has 0 N–H and O–H groups in total. The third-order valence-electron chi connectivity index (χ3n) is 6.04. The first-order valence-corrected chi connectivity index (χ1v) is 11.3. The van der Waals surface area contributed by atoms with Crippen molar-refractivity contribution in [1.82, 2.24) is 24.8 Å². The number of halogens is 1. The summed E-state index contributed by atoms with van der Waals surface area (Å²) >= 11 is 0. The topological polar surface area (TPSA) is 96.3 Å². The highest BCUT2D eigenvalue weighted by Gasteiger charge is 2.33. The van der Waals surface area contributed by atoms with Crippen LogP contribution in [0.3, 0.4) is 0 Å². The van der Waals surface area contributed by atoms with Crippen molar-refractivity contribution in [2.45, 2.75) is 12.6 Å². The van der Waals surface area contributed by atoms with E-state index in [1.165, 1.54) is 11.0 Å². The molecule has 0 radical (unpaired) electrons. The molecule has 0 aliphatic carbocycles. The smallest absolute Gasteiger partial charge is 0.414 e. The summed E-state index contributed by atoms with van der Waals surface area (Å²) in [5, 5.41) is 7.62. The van der Waals surface area contributed by atoms with Crippen LogP contribution in [0, 0.1) is 5.82 Å². The van der Waals surface area contributed by atoms with Gasteiger partial charge in [0.25, 0.3) is 0 Å². The van der Waals surface area contributed by atoms with E-state index in [1.54, 1.807) is 36.3 Å². The molecule has 2 fully saturated rings. The second kappa shape index (κ2) is 10.8. The summed E-state index contributed by atoms with van der Waals surface area (Å²) in [6.45, 7) is 4.41. The molecular weight excluding hydrogens is 445 g/mol. The average molecular weight is 476 g/mol. The van der Waals surface area contributed by atoms with Crippen LogP contribution in [-0.4, -0.2) is 109 Å². The number of carbonyl (C=O) groups is 2. The molecule has 0 bridgehead atoms. The maximum absolute atomic E-state index is 15.0. The Morgan fingerprint density at radius 1 is 1.29 bits per heavy atom. The molecule has 1 atom stereocenters. The lowest BCUT2D eigenvalue weighted by molar-refractivity contribution is -0.132. The molecule has 1 aromatic heterocycles. The fourth-order valence-electron chi connectivity index (χ4n) is 4.14. The second-order valence-electron chi connectivity index (χ2n) is 8.48. The molecule has 0 unspecified atom stereocenters. The van der Waals surface area contributed by atoms with Crippen LogP contribution in [0.5, 0.6) is 0 Å². The highest BCUT2D eigenvalue weighted by atomic mass is 19.1. The molecule has 2 saturated heterocycles. The Kier molecular flexibility index (Phi) is 7.58. The van der Waals surface area contributed by atoms with Crippen LogP contribution in [-0.2, 0) is 20.8 Å². The molecular formula is C22H30FN7O4. The number of aromatic nitrogens is 3. The lowest BCUT2D eigenvalue weighted by atomic mass is 10.2. The number of hydrogen-bond donors (Lipinski definition) is 0. The number of cyclic esters (lactones) is 1. The lowest BCUT2D eigenvalue weighted by Gasteiger charge is -2.37. The Hall–Kier alpha value is -3.25. The first kappa shape index (κ1) is 23.9. The van der Waals surface area contributed by atoms with Crippen molar-refractivity contribution in [2.24, 2.45) is 0 Å². The average Bonchev–Trinajstić information content (AvgIpc) is 3.47. The van der Waals surface area contributed by atoms with E-state index in [-0.39, 0.29) is 5.91 Å². The van der Waals surface area contributed by atoms with Crippen LogP contribution in [0.1, 0.15) is 0 Å². The summed E-state index contributed by atoms with van der Waals surface area (Å²) in [6.07, 6.45) is 2.34. The van der Waals surface area contributed by atoms with Gasteiger partial charge in [-0.15, -0.1) is 5.10 Å². The van der Waals surface area contributed by atoms with E-state index < -0.39 is 18.0 Å². The number of ether oxygens (including phenoxy) is 2. The predicted molar refractivity (Wildman–Crippen MR) is 122 cm³/mol. The van der Waals surface area contributed by atoms with Crippen LogP contribution in [0.25, 0.3) is 0 Å². The van der Waals surface area contributed by atoms with Gasteiger partial charge in [0.1, 0.15) is 11.9 Å². The number of anilines is 2. The number of hydrogen-bond acceptors (Lipinski definition) is 8. The minimum Gasteiger partial charge on any atom is -0.442 e. The highest BCUT2D eigenvalue weighted by Crippen LogP contribution is 2.28. The number of rotatable bonds is 9. The summed E-state index contributed by atoms with van der Waals surface area (Å²) in [5.41, 5.74) is 0.903. The SMILES string of the molecule is COCCN(C)CC(=O)N1CCN(c2ccc(N3C[C@H](Cn4ccnn4)OC3=O)cc2F)CC1. The molecule has 11 nitrogen and oxygen atoms in total. The van der Waals surface area contributed by atoms with Gasteiger partial charge in [0.15, 0.2) is 0 Å². The minimum atomic E-state index is -0.514. The van der Waals surface area contributed by atoms with Crippen molar-refractivity contribution in [3.8, 4) is 0 Å². The Balaban J connectivity index is 1.31. The van der Waals surface area contributed by atoms with Gasteiger partial charge in [-0.1, -0.05) is 5.21 Å². The number of piperazine rings is 1. The Morgan fingerprint density at radius 2 is 2.09 bits per heavy atom. The first-order chi connectivity index (χ1) is 16.4. The van der Waals surface area contributed by atoms with Crippen LogP contribution < -0.4 is 9.80 Å². The largest absolute Gasteiger partial charge is 0.442 e. The monoisotopic (exact) mass is 475 g/mol. The quantitative estimate of drug-likeness (QED) is 0.522. The molecule has 34 heavy (non-hydrogen) atoms. The van der Waals surface area contributed by atoms with E-state index >= 15 is 4.39 Å². The molecule has 2 aliphatic heterocycles. The normalized spacial score (nSPS) is 18.6. The van der Waals surface area contributed by atoms with Crippen molar-refractivity contribution in [3.63, 3.8) is 0 Å². The zero-order chi connectivity index (χ0) is 24.1. The summed E-state index contributed by atoms with van der Waals surface area (Å²) in [5.74, 6) is -0.355. The summed E-state index contributed by atoms with van der Waals surface area (Å²) in [6, 6.07) is 4.76. The number of nitrogens with zero attached hydrogens (tertiary/aromatic N) is 7. The van der Waals surface area contributed by atoms with Gasteiger partial charge < -0.3 is 19.3 Å². The Morgan fingerprint density at radius 3 is 2.76 bits per heavy atom. The van der Waals surface area contributed by atoms with Crippen LogP contribution in [0.4, 0.5) is 20.6 Å². The van der Waals surface area contributed by atoms with Gasteiger partial charge in [-0.25, -0.2) is 13.9 Å². The van der Waals surface area contributed by atoms with Gasteiger partial charge in [-0.3, -0.25) is 14.6 Å². The first-order valence-electron chi connectivity index (χ1n) is 11.3. The second-order valence-corrected chi connectivity index (χ2v) is 8.48. The summed E-state index contributed by atoms with van der Waals surface area (Å²) in [4.78, 5) is 31.9. The van der Waals surface area contributed by atoms with Gasteiger partial charge in [0.05, 0.1) is 43.8 Å². The van der Waals surface area contributed by atoms with Crippen LogP contribution >= 0.6 is 0 Å². The van der Waals surface area contributed by atoms with Crippen LogP contribution in [0.2, 0.25) is 0 Å². The zero-order valence-corrected chi connectivity index (χ0v) is 19.5. The third-order valence-corrected chi connectivity index (χ3v) is 6.04. The fourth-order valence-corrected chi connectivity index (χ4v) is 4.14. The van der Waals surface area contributed by atoms with Crippen molar-refractivity contribution in [1.29, 1.82) is 0 Å². The number of carbonyl (C=O) groups excluding carboxylic acids is 2. The molecule has 184 valence electrons. The maximum Gasteiger partial charge on any atom is 0.414 e. The summed E-state index contributed by atoms with van der Waals surface area (Å²) in [7, 11) is 3.52. The van der Waals surface area contributed by atoms with Gasteiger partial charge in [0.2, 0.25) is 5.91 Å².